The first-order valence-corrected chi connectivity index (χ1v) is 10.8. The predicted octanol–water partition coefficient (Wildman–Crippen LogP) is 5.10. The molecule has 1 saturated carbocycles. The van der Waals surface area contributed by atoms with Crippen LogP contribution in [0.25, 0.3) is 10.9 Å². The van der Waals surface area contributed by atoms with E-state index in [2.05, 4.69) is 46.5 Å². The summed E-state index contributed by atoms with van der Waals surface area (Å²) in [6.07, 6.45) is 9.38. The number of nitrogens with two attached hydrogens (primary N) is 1. The van der Waals surface area contributed by atoms with Gasteiger partial charge in [-0.2, -0.15) is 0 Å². The normalized spacial score (nSPS) is 21.4. The van der Waals surface area contributed by atoms with Crippen LogP contribution in [0.3, 0.4) is 0 Å². The fourth-order valence-electron chi connectivity index (χ4n) is 4.49. The lowest BCUT2D eigenvalue weighted by molar-refractivity contribution is 0.199. The van der Waals surface area contributed by atoms with Crippen molar-refractivity contribution < 1.29 is 4.74 Å². The van der Waals surface area contributed by atoms with Crippen LogP contribution in [0.15, 0.2) is 73.1 Å². The Bertz CT molecular complexity index is 1030. The number of ether oxygens (including phenoxy) is 1. The summed E-state index contributed by atoms with van der Waals surface area (Å²) < 4.78 is 5.91. The molecule has 5 nitrogen and oxygen atoms in total. The Kier molecular flexibility index (Phi) is 5.28. The van der Waals surface area contributed by atoms with Crippen LogP contribution in [0, 0.1) is 5.92 Å². The van der Waals surface area contributed by atoms with Crippen molar-refractivity contribution in [1.82, 2.24) is 9.88 Å². The van der Waals surface area contributed by atoms with E-state index >= 15 is 0 Å². The molecule has 3 aromatic rings. The quantitative estimate of drug-likeness (QED) is 0.646. The molecule has 0 spiro atoms. The third-order valence-corrected chi connectivity index (χ3v) is 6.32. The molecule has 2 heterocycles. The molecule has 2 aromatic carbocycles. The molecule has 5 heteroatoms. The van der Waals surface area contributed by atoms with E-state index in [9.17, 15) is 0 Å². The first-order valence-electron chi connectivity index (χ1n) is 10.8. The van der Waals surface area contributed by atoms with Gasteiger partial charge in [0.1, 0.15) is 5.75 Å². The van der Waals surface area contributed by atoms with Crippen molar-refractivity contribution in [2.75, 3.05) is 18.1 Å². The molecule has 30 heavy (non-hydrogen) atoms. The Morgan fingerprint density at radius 3 is 2.53 bits per heavy atom. The summed E-state index contributed by atoms with van der Waals surface area (Å²) in [5, 5.41) is 1.11. The number of hydrogen-bond acceptors (Lipinski definition) is 5. The van der Waals surface area contributed by atoms with E-state index in [4.69, 9.17) is 15.5 Å². The zero-order valence-electron chi connectivity index (χ0n) is 17.2. The van der Waals surface area contributed by atoms with Crippen LogP contribution in [0.4, 0.5) is 5.69 Å². The Balaban J connectivity index is 1.29. The number of nitrogens with zero attached hydrogens (tertiary/aromatic N) is 3. The number of rotatable bonds is 5. The molecule has 0 saturated heterocycles. The van der Waals surface area contributed by atoms with Gasteiger partial charge in [0.05, 0.1) is 12.2 Å². The zero-order chi connectivity index (χ0) is 20.3. The molecule has 0 unspecified atom stereocenters. The van der Waals surface area contributed by atoms with E-state index in [-0.39, 0.29) is 0 Å². The average Bonchev–Trinajstić information content (AvgIpc) is 3.30. The molecule has 2 aliphatic rings. The third kappa shape index (κ3) is 3.98. The second-order valence-electron chi connectivity index (χ2n) is 8.28. The van der Waals surface area contributed by atoms with Crippen LogP contribution in [-0.4, -0.2) is 29.1 Å². The molecule has 2 N–H and O–H groups in total. The second kappa shape index (κ2) is 8.36. The van der Waals surface area contributed by atoms with Crippen LogP contribution in [0.1, 0.15) is 25.7 Å². The van der Waals surface area contributed by atoms with Crippen LogP contribution < -0.4 is 15.4 Å². The number of hydrogen-bond donors (Lipinski definition) is 1. The molecule has 0 bridgehead atoms. The second-order valence-corrected chi connectivity index (χ2v) is 8.28. The van der Waals surface area contributed by atoms with E-state index in [0.717, 1.165) is 35.6 Å². The minimum atomic E-state index is 0.612. The standard InChI is InChI=1S/C25H28N4O/c26-17-19-6-10-21(11-7-19)28-14-15-29(18-28)22-12-8-20-9-13-25(27-24(20)16-22)30-23-4-2-1-3-5-23/h1-5,8-9,12-16,19,21H,6-7,10-11,17-18,26H2. The van der Waals surface area contributed by atoms with E-state index < -0.39 is 0 Å². The summed E-state index contributed by atoms with van der Waals surface area (Å²) in [7, 11) is 0. The minimum absolute atomic E-state index is 0.612. The number of fused-ring (bicyclic) bond motifs is 1. The third-order valence-electron chi connectivity index (χ3n) is 6.32. The van der Waals surface area contributed by atoms with Gasteiger partial charge in [-0.25, -0.2) is 4.98 Å². The Hall–Kier alpha value is -3.05. The van der Waals surface area contributed by atoms with Crippen LogP contribution in [0.5, 0.6) is 11.6 Å². The van der Waals surface area contributed by atoms with E-state index in [1.165, 1.54) is 25.7 Å². The van der Waals surface area contributed by atoms with Gasteiger partial charge in [0.25, 0.3) is 0 Å². The van der Waals surface area contributed by atoms with E-state index in [0.29, 0.717) is 17.8 Å². The van der Waals surface area contributed by atoms with Gasteiger partial charge in [-0.05, 0) is 68.5 Å². The Morgan fingerprint density at radius 2 is 1.73 bits per heavy atom. The fraction of sp³-hybridized carbons (Fsp3) is 0.320. The van der Waals surface area contributed by atoms with Crippen molar-refractivity contribution in [2.45, 2.75) is 31.7 Å². The number of aromatic nitrogens is 1. The molecule has 1 aliphatic carbocycles. The smallest absolute Gasteiger partial charge is 0.219 e. The van der Waals surface area contributed by atoms with Crippen molar-refractivity contribution >= 4 is 16.6 Å². The minimum Gasteiger partial charge on any atom is -0.439 e. The maximum absolute atomic E-state index is 5.91. The molecule has 154 valence electrons. The van der Waals surface area contributed by atoms with Gasteiger partial charge in [-0.1, -0.05) is 24.3 Å². The van der Waals surface area contributed by atoms with Gasteiger partial charge in [0.2, 0.25) is 5.88 Å². The van der Waals surface area contributed by atoms with Crippen molar-refractivity contribution in [3.8, 4) is 11.6 Å². The molecule has 0 amide bonds. The summed E-state index contributed by atoms with van der Waals surface area (Å²) in [6.45, 7) is 1.72. The SMILES string of the molecule is NCC1CCC(N2C=CN(c3ccc4ccc(Oc5ccccc5)nc4c3)C2)CC1. The van der Waals surface area contributed by atoms with E-state index in [1.807, 2.05) is 36.4 Å². The number of anilines is 1. The van der Waals surface area contributed by atoms with Gasteiger partial charge < -0.3 is 20.3 Å². The fourth-order valence-corrected chi connectivity index (χ4v) is 4.49. The van der Waals surface area contributed by atoms with Gasteiger partial charge in [-0.3, -0.25) is 0 Å². The van der Waals surface area contributed by atoms with Gasteiger partial charge in [0, 0.05) is 35.6 Å². The highest BCUT2D eigenvalue weighted by atomic mass is 16.5. The Labute approximate surface area is 177 Å². The lowest BCUT2D eigenvalue weighted by atomic mass is 9.85. The van der Waals surface area contributed by atoms with Crippen molar-refractivity contribution in [1.29, 1.82) is 0 Å². The monoisotopic (exact) mass is 400 g/mol. The number of pyridine rings is 1. The molecule has 1 fully saturated rings. The predicted molar refractivity (Wildman–Crippen MR) is 121 cm³/mol. The molecular formula is C25H28N4O. The summed E-state index contributed by atoms with van der Waals surface area (Å²) in [5.41, 5.74) is 7.94. The highest BCUT2D eigenvalue weighted by Crippen LogP contribution is 2.31. The highest BCUT2D eigenvalue weighted by molar-refractivity contribution is 5.83. The van der Waals surface area contributed by atoms with E-state index in [1.54, 1.807) is 0 Å². The molecule has 0 atom stereocenters. The summed E-state index contributed by atoms with van der Waals surface area (Å²) in [4.78, 5) is 9.49. The lowest BCUT2D eigenvalue weighted by Crippen LogP contribution is -2.37. The van der Waals surface area contributed by atoms with Gasteiger partial charge in [0.15, 0.2) is 0 Å². The van der Waals surface area contributed by atoms with Gasteiger partial charge in [-0.15, -0.1) is 0 Å². The summed E-state index contributed by atoms with van der Waals surface area (Å²) >= 11 is 0. The topological polar surface area (TPSA) is 54.6 Å². The Morgan fingerprint density at radius 1 is 0.933 bits per heavy atom. The average molecular weight is 401 g/mol. The van der Waals surface area contributed by atoms with Gasteiger partial charge >= 0.3 is 0 Å². The van der Waals surface area contributed by atoms with Crippen LogP contribution >= 0.6 is 0 Å². The van der Waals surface area contributed by atoms with Crippen molar-refractivity contribution in [2.24, 2.45) is 11.7 Å². The number of para-hydroxylation sites is 1. The molecule has 1 aromatic heterocycles. The van der Waals surface area contributed by atoms with Crippen LogP contribution in [-0.2, 0) is 0 Å². The van der Waals surface area contributed by atoms with Crippen molar-refractivity contribution in [3.05, 3.63) is 73.1 Å². The van der Waals surface area contributed by atoms with Crippen molar-refractivity contribution in [3.63, 3.8) is 0 Å². The molecule has 1 aliphatic heterocycles. The first kappa shape index (κ1) is 18.9. The summed E-state index contributed by atoms with van der Waals surface area (Å²) in [6, 6.07) is 20.8. The largest absolute Gasteiger partial charge is 0.439 e. The summed E-state index contributed by atoms with van der Waals surface area (Å²) in [5.74, 6) is 2.12. The molecular weight excluding hydrogens is 372 g/mol. The molecule has 5 rings (SSSR count). The first-order chi connectivity index (χ1) is 14.8. The number of benzene rings is 2. The highest BCUT2D eigenvalue weighted by Gasteiger charge is 2.26. The molecule has 0 radical (unpaired) electrons. The maximum atomic E-state index is 5.91. The maximum Gasteiger partial charge on any atom is 0.219 e. The zero-order valence-corrected chi connectivity index (χ0v) is 17.2. The lowest BCUT2D eigenvalue weighted by Gasteiger charge is -2.35. The van der Waals surface area contributed by atoms with Crippen LogP contribution in [0.2, 0.25) is 0 Å².